The minimum absolute atomic E-state index is 0.227. The van der Waals surface area contributed by atoms with Crippen molar-refractivity contribution in [2.45, 2.75) is 39.8 Å². The minimum atomic E-state index is 0.227. The smallest absolute Gasteiger partial charge is 0.172 e. The molecule has 0 spiro atoms. The van der Waals surface area contributed by atoms with E-state index < -0.39 is 0 Å². The molecule has 0 bridgehead atoms. The van der Waals surface area contributed by atoms with Crippen LogP contribution in [0.5, 0.6) is 11.5 Å². The van der Waals surface area contributed by atoms with Crippen LogP contribution in [0.1, 0.15) is 27.7 Å². The van der Waals surface area contributed by atoms with Crippen molar-refractivity contribution in [2.75, 3.05) is 37.1 Å². The maximum absolute atomic E-state index is 5.36. The summed E-state index contributed by atoms with van der Waals surface area (Å²) in [6.07, 6.45) is 0. The lowest BCUT2D eigenvalue weighted by molar-refractivity contribution is 0.414. The Morgan fingerprint density at radius 2 is 1.00 bits per heavy atom. The number of benzene rings is 2. The molecule has 0 aliphatic carbocycles. The maximum atomic E-state index is 5.36. The summed E-state index contributed by atoms with van der Waals surface area (Å²) in [6, 6.07) is 16.9. The predicted molar refractivity (Wildman–Crippen MR) is 133 cm³/mol. The van der Waals surface area contributed by atoms with E-state index in [-0.39, 0.29) is 12.1 Å². The van der Waals surface area contributed by atoms with Gasteiger partial charge in [-0.05, 0) is 60.4 Å². The Morgan fingerprint density at radius 1 is 0.656 bits per heavy atom. The van der Waals surface area contributed by atoms with Crippen LogP contribution in [0.4, 0.5) is 11.4 Å². The Morgan fingerprint density at radius 3 is 1.28 bits per heavy atom. The van der Waals surface area contributed by atoms with Crippen LogP contribution in [0, 0.1) is 11.8 Å². The number of anilines is 2. The standard InChI is InChI=1S/C26H34N4O2/c1-17(2)23-15-29(19-7-11-21(31-5)12-8-19)25(27-23)26-28-24(18(3)4)16-30(26)20-9-13-22(32-6)14-10-20/h7-14,17-18,23-24H,15-16H2,1-6H3/t23-,24-/m1/s1. The van der Waals surface area contributed by atoms with Crippen molar-refractivity contribution >= 4 is 23.0 Å². The highest BCUT2D eigenvalue weighted by Crippen LogP contribution is 2.31. The lowest BCUT2D eigenvalue weighted by atomic mass is 10.1. The van der Waals surface area contributed by atoms with Crippen LogP contribution in [0.2, 0.25) is 0 Å². The summed E-state index contributed by atoms with van der Waals surface area (Å²) in [5.74, 6) is 4.51. The van der Waals surface area contributed by atoms with Gasteiger partial charge >= 0.3 is 0 Å². The Balaban J connectivity index is 1.74. The molecule has 2 aliphatic rings. The molecule has 170 valence electrons. The molecule has 6 heteroatoms. The van der Waals surface area contributed by atoms with Crippen LogP contribution in [0.3, 0.4) is 0 Å². The van der Waals surface area contributed by atoms with E-state index in [4.69, 9.17) is 19.5 Å². The second-order valence-corrected chi connectivity index (χ2v) is 9.15. The van der Waals surface area contributed by atoms with Gasteiger partial charge in [0.15, 0.2) is 11.7 Å². The summed E-state index contributed by atoms with van der Waals surface area (Å²) in [7, 11) is 3.39. The van der Waals surface area contributed by atoms with Crippen molar-refractivity contribution in [3.05, 3.63) is 48.5 Å². The lowest BCUT2D eigenvalue weighted by Gasteiger charge is -2.27. The molecule has 0 radical (unpaired) electrons. The molecule has 0 aromatic heterocycles. The van der Waals surface area contributed by atoms with Gasteiger partial charge in [-0.25, -0.2) is 0 Å². The molecular weight excluding hydrogens is 400 g/mol. The number of aliphatic imine (C=N–C) groups is 2. The molecule has 6 nitrogen and oxygen atoms in total. The van der Waals surface area contributed by atoms with Gasteiger partial charge in [-0.2, -0.15) is 0 Å². The van der Waals surface area contributed by atoms with E-state index >= 15 is 0 Å². The normalized spacial score (nSPS) is 20.8. The number of rotatable bonds is 7. The molecule has 4 rings (SSSR count). The van der Waals surface area contributed by atoms with E-state index in [1.54, 1.807) is 14.2 Å². The molecule has 0 amide bonds. The van der Waals surface area contributed by atoms with E-state index in [2.05, 4.69) is 61.8 Å². The van der Waals surface area contributed by atoms with Crippen LogP contribution in [-0.2, 0) is 0 Å². The van der Waals surface area contributed by atoms with Crippen molar-refractivity contribution < 1.29 is 9.47 Å². The first-order chi connectivity index (χ1) is 15.4. The topological polar surface area (TPSA) is 49.7 Å². The summed E-state index contributed by atoms with van der Waals surface area (Å²) in [6.45, 7) is 10.6. The van der Waals surface area contributed by atoms with E-state index in [1.807, 2.05) is 24.3 Å². The molecule has 2 aromatic rings. The zero-order chi connectivity index (χ0) is 22.8. The third-order valence-electron chi connectivity index (χ3n) is 6.33. The van der Waals surface area contributed by atoms with Crippen LogP contribution in [0.15, 0.2) is 58.5 Å². The minimum Gasteiger partial charge on any atom is -0.497 e. The third-order valence-corrected chi connectivity index (χ3v) is 6.33. The van der Waals surface area contributed by atoms with Gasteiger partial charge in [0.25, 0.3) is 0 Å². The van der Waals surface area contributed by atoms with E-state index in [0.717, 1.165) is 47.6 Å². The molecule has 2 aliphatic heterocycles. The van der Waals surface area contributed by atoms with Gasteiger partial charge in [0.05, 0.1) is 26.3 Å². The molecular formula is C26H34N4O2. The lowest BCUT2D eigenvalue weighted by Crippen LogP contribution is -2.42. The molecule has 0 N–H and O–H groups in total. The average Bonchev–Trinajstić information content (AvgIpc) is 3.44. The van der Waals surface area contributed by atoms with Gasteiger partial charge < -0.3 is 19.3 Å². The molecule has 2 atom stereocenters. The fourth-order valence-electron chi connectivity index (χ4n) is 4.14. The van der Waals surface area contributed by atoms with E-state index in [0.29, 0.717) is 11.8 Å². The number of nitrogens with zero attached hydrogens (tertiary/aromatic N) is 4. The first kappa shape index (κ1) is 22.2. The number of hydrogen-bond donors (Lipinski definition) is 0. The maximum Gasteiger partial charge on any atom is 0.172 e. The van der Waals surface area contributed by atoms with Gasteiger partial charge in [-0.3, -0.25) is 9.98 Å². The van der Waals surface area contributed by atoms with Gasteiger partial charge in [0.2, 0.25) is 0 Å². The highest BCUT2D eigenvalue weighted by molar-refractivity contribution is 6.50. The summed E-state index contributed by atoms with van der Waals surface area (Å²) < 4.78 is 10.7. The van der Waals surface area contributed by atoms with E-state index in [9.17, 15) is 0 Å². The largest absolute Gasteiger partial charge is 0.497 e. The SMILES string of the molecule is COc1ccc(N2C[C@H](C(C)C)N=C2C2=N[C@@H](C(C)C)CN2c2ccc(OC)cc2)cc1. The second kappa shape index (κ2) is 9.23. The Hall–Kier alpha value is -3.02. The van der Waals surface area contributed by atoms with Crippen molar-refractivity contribution in [3.63, 3.8) is 0 Å². The molecule has 32 heavy (non-hydrogen) atoms. The fraction of sp³-hybridized carbons (Fsp3) is 0.462. The Bertz CT molecular complexity index is 898. The second-order valence-electron chi connectivity index (χ2n) is 9.15. The molecule has 0 saturated carbocycles. The predicted octanol–water partition coefficient (Wildman–Crippen LogP) is 4.89. The zero-order valence-corrected chi connectivity index (χ0v) is 19.9. The highest BCUT2D eigenvalue weighted by Gasteiger charge is 2.38. The van der Waals surface area contributed by atoms with Crippen LogP contribution >= 0.6 is 0 Å². The molecule has 2 aromatic carbocycles. The van der Waals surface area contributed by atoms with Crippen LogP contribution in [-0.4, -0.2) is 51.1 Å². The molecule has 2 heterocycles. The number of hydrogen-bond acceptors (Lipinski definition) is 6. The van der Waals surface area contributed by atoms with Crippen molar-refractivity contribution in [1.82, 2.24) is 0 Å². The monoisotopic (exact) mass is 434 g/mol. The van der Waals surface area contributed by atoms with Crippen LogP contribution in [0.25, 0.3) is 0 Å². The molecule has 0 unspecified atom stereocenters. The van der Waals surface area contributed by atoms with E-state index in [1.165, 1.54) is 0 Å². The highest BCUT2D eigenvalue weighted by atomic mass is 16.5. The quantitative estimate of drug-likeness (QED) is 0.623. The first-order valence-corrected chi connectivity index (χ1v) is 11.4. The van der Waals surface area contributed by atoms with Crippen molar-refractivity contribution in [3.8, 4) is 11.5 Å². The fourth-order valence-corrected chi connectivity index (χ4v) is 4.14. The number of amidine groups is 2. The van der Waals surface area contributed by atoms with Gasteiger partial charge in [-0.1, -0.05) is 27.7 Å². The summed E-state index contributed by atoms with van der Waals surface area (Å²) in [5.41, 5.74) is 2.22. The average molecular weight is 435 g/mol. The summed E-state index contributed by atoms with van der Waals surface area (Å²) in [5, 5.41) is 0. The summed E-state index contributed by atoms with van der Waals surface area (Å²) in [4.78, 5) is 15.0. The van der Waals surface area contributed by atoms with Crippen molar-refractivity contribution in [2.24, 2.45) is 21.8 Å². The van der Waals surface area contributed by atoms with Crippen molar-refractivity contribution in [1.29, 1.82) is 0 Å². The Labute approximate surface area is 191 Å². The zero-order valence-electron chi connectivity index (χ0n) is 19.9. The van der Waals surface area contributed by atoms with Crippen LogP contribution < -0.4 is 19.3 Å². The number of ether oxygens (including phenoxy) is 2. The molecule has 0 saturated heterocycles. The third kappa shape index (κ3) is 4.31. The number of methoxy groups -OCH3 is 2. The van der Waals surface area contributed by atoms with Gasteiger partial charge in [0, 0.05) is 24.5 Å². The Kier molecular flexibility index (Phi) is 6.40. The first-order valence-electron chi connectivity index (χ1n) is 11.4. The van der Waals surface area contributed by atoms with Gasteiger partial charge in [-0.15, -0.1) is 0 Å². The molecule has 0 fully saturated rings. The summed E-state index contributed by atoms with van der Waals surface area (Å²) >= 11 is 0. The van der Waals surface area contributed by atoms with Gasteiger partial charge in [0.1, 0.15) is 11.5 Å².